The SMILES string of the molecule is COCCOC(=O)OCN1C(=O)CC[C@]12CC[C@@](CO[C@H](C)c1cc(C)cc(C(F)(F)F)c1)(c1ccccc1)N(COC(=O)OCCOC)C2. The van der Waals surface area contributed by atoms with E-state index in [1.807, 2.05) is 35.2 Å². The summed E-state index contributed by atoms with van der Waals surface area (Å²) in [6.45, 7) is 3.15. The number of carbonyl (C=O) groups excluding carboxylic acids is 3. The molecule has 0 aromatic heterocycles. The number of carbonyl (C=O) groups is 3. The van der Waals surface area contributed by atoms with Crippen molar-refractivity contribution < 1.29 is 60.7 Å². The predicted molar refractivity (Wildman–Crippen MR) is 172 cm³/mol. The Balaban J connectivity index is 1.64. The molecule has 50 heavy (non-hydrogen) atoms. The van der Waals surface area contributed by atoms with E-state index in [0.29, 0.717) is 30.4 Å². The zero-order valence-corrected chi connectivity index (χ0v) is 28.8. The summed E-state index contributed by atoms with van der Waals surface area (Å²) < 4.78 is 78.3. The molecule has 276 valence electrons. The van der Waals surface area contributed by atoms with Gasteiger partial charge in [-0.1, -0.05) is 42.0 Å². The van der Waals surface area contributed by atoms with Crippen LogP contribution in [-0.2, 0) is 49.7 Å². The van der Waals surface area contributed by atoms with Crippen molar-refractivity contribution in [2.75, 3.05) is 67.3 Å². The molecule has 4 rings (SSSR count). The molecule has 2 aliphatic rings. The minimum atomic E-state index is -4.52. The van der Waals surface area contributed by atoms with E-state index in [4.69, 9.17) is 33.2 Å². The minimum absolute atomic E-state index is 0.00189. The fraction of sp³-hybridized carbons (Fsp3) is 0.571. The molecule has 2 saturated heterocycles. The van der Waals surface area contributed by atoms with Gasteiger partial charge in [0, 0.05) is 27.2 Å². The van der Waals surface area contributed by atoms with E-state index >= 15 is 0 Å². The van der Waals surface area contributed by atoms with Gasteiger partial charge in [0.2, 0.25) is 5.91 Å². The molecule has 0 unspecified atom stereocenters. The van der Waals surface area contributed by atoms with Gasteiger partial charge in [-0.05, 0) is 56.4 Å². The summed E-state index contributed by atoms with van der Waals surface area (Å²) in [7, 11) is 2.93. The Kier molecular flexibility index (Phi) is 13.5. The number of methoxy groups -OCH3 is 2. The number of hydrogen-bond acceptors (Lipinski definition) is 11. The van der Waals surface area contributed by atoms with Crippen molar-refractivity contribution in [3.8, 4) is 0 Å². The van der Waals surface area contributed by atoms with Gasteiger partial charge in [-0.2, -0.15) is 13.2 Å². The zero-order chi connectivity index (χ0) is 36.4. The second-order valence-electron chi connectivity index (χ2n) is 12.5. The summed E-state index contributed by atoms with van der Waals surface area (Å²) in [6.07, 6.45) is -5.66. The van der Waals surface area contributed by atoms with Gasteiger partial charge in [-0.15, -0.1) is 0 Å². The lowest BCUT2D eigenvalue weighted by atomic mass is 9.74. The normalized spacial score (nSPS) is 21.7. The number of alkyl halides is 3. The summed E-state index contributed by atoms with van der Waals surface area (Å²) in [4.78, 5) is 41.5. The molecule has 0 radical (unpaired) electrons. The third-order valence-electron chi connectivity index (χ3n) is 9.22. The standard InChI is InChI=1S/C35H45F3N2O10/c1-25-18-27(20-29(19-25)35(36,37)38)26(2)48-22-34(28-8-6-5-7-9-28)13-12-33(21-39(34)23-49-31(42)46-16-14-44-3)11-10-30(41)40(33)24-50-32(43)47-17-15-45-4/h5-9,18-20,26H,10-17,21-24H2,1-4H3/t26-,33-,34-/m1/s1. The van der Waals surface area contributed by atoms with Crippen molar-refractivity contribution in [3.05, 3.63) is 70.8 Å². The lowest BCUT2D eigenvalue weighted by Gasteiger charge is -2.54. The number of nitrogens with zero attached hydrogens (tertiary/aromatic N) is 2. The molecule has 2 aromatic carbocycles. The van der Waals surface area contributed by atoms with Gasteiger partial charge in [-0.3, -0.25) is 9.69 Å². The van der Waals surface area contributed by atoms with Crippen LogP contribution in [0.4, 0.5) is 22.8 Å². The van der Waals surface area contributed by atoms with E-state index in [0.717, 1.165) is 17.7 Å². The van der Waals surface area contributed by atoms with E-state index < -0.39 is 41.2 Å². The first kappa shape index (κ1) is 38.9. The Hall–Kier alpha value is -3.92. The second-order valence-corrected chi connectivity index (χ2v) is 12.5. The number of benzene rings is 2. The number of rotatable bonds is 15. The Morgan fingerprint density at radius 1 is 0.860 bits per heavy atom. The average molecular weight is 711 g/mol. The Morgan fingerprint density at radius 3 is 2.12 bits per heavy atom. The van der Waals surface area contributed by atoms with Crippen molar-refractivity contribution >= 4 is 18.2 Å². The van der Waals surface area contributed by atoms with Gasteiger partial charge in [0.1, 0.15) is 19.9 Å². The van der Waals surface area contributed by atoms with Crippen LogP contribution >= 0.6 is 0 Å². The van der Waals surface area contributed by atoms with Gasteiger partial charge < -0.3 is 38.1 Å². The summed E-state index contributed by atoms with van der Waals surface area (Å²) in [5.41, 5.74) is -0.915. The minimum Gasteiger partial charge on any atom is -0.432 e. The van der Waals surface area contributed by atoms with Crippen molar-refractivity contribution in [2.24, 2.45) is 0 Å². The van der Waals surface area contributed by atoms with E-state index in [1.165, 1.54) is 19.1 Å². The average Bonchev–Trinajstić information content (AvgIpc) is 3.39. The van der Waals surface area contributed by atoms with Crippen LogP contribution in [0.3, 0.4) is 0 Å². The molecule has 2 aromatic rings. The first-order valence-corrected chi connectivity index (χ1v) is 16.3. The van der Waals surface area contributed by atoms with E-state index in [-0.39, 0.29) is 65.4 Å². The van der Waals surface area contributed by atoms with E-state index in [1.54, 1.807) is 19.9 Å². The highest BCUT2D eigenvalue weighted by atomic mass is 19.4. The summed E-state index contributed by atoms with van der Waals surface area (Å²) >= 11 is 0. The molecule has 12 nitrogen and oxygen atoms in total. The second kappa shape index (κ2) is 17.3. The first-order valence-electron chi connectivity index (χ1n) is 16.3. The molecular formula is C35H45F3N2O10. The van der Waals surface area contributed by atoms with Crippen molar-refractivity contribution in [3.63, 3.8) is 0 Å². The van der Waals surface area contributed by atoms with Crippen molar-refractivity contribution in [2.45, 2.75) is 62.9 Å². The molecule has 2 aliphatic heterocycles. The number of amides is 1. The van der Waals surface area contributed by atoms with Crippen LogP contribution in [-0.4, -0.2) is 101 Å². The largest absolute Gasteiger partial charge is 0.510 e. The maximum Gasteiger partial charge on any atom is 0.510 e. The zero-order valence-electron chi connectivity index (χ0n) is 28.8. The van der Waals surface area contributed by atoms with Gasteiger partial charge >= 0.3 is 18.5 Å². The van der Waals surface area contributed by atoms with Gasteiger partial charge in [0.25, 0.3) is 0 Å². The molecule has 2 fully saturated rings. The summed E-state index contributed by atoms with van der Waals surface area (Å²) in [5.74, 6) is -0.216. The van der Waals surface area contributed by atoms with E-state index in [2.05, 4.69) is 0 Å². The molecule has 2 heterocycles. The molecule has 3 atom stereocenters. The van der Waals surface area contributed by atoms with Gasteiger partial charge in [0.15, 0.2) is 6.73 Å². The quantitative estimate of drug-likeness (QED) is 0.161. The lowest BCUT2D eigenvalue weighted by molar-refractivity contribution is -0.154. The van der Waals surface area contributed by atoms with Crippen LogP contribution in [0, 0.1) is 6.92 Å². The number of likely N-dealkylation sites (tertiary alicyclic amines) is 2. The highest BCUT2D eigenvalue weighted by Gasteiger charge is 2.55. The first-order chi connectivity index (χ1) is 23.8. The number of piperidine rings is 1. The third-order valence-corrected chi connectivity index (χ3v) is 9.22. The van der Waals surface area contributed by atoms with E-state index in [9.17, 15) is 27.6 Å². The van der Waals surface area contributed by atoms with Crippen LogP contribution in [0.1, 0.15) is 61.0 Å². The van der Waals surface area contributed by atoms with Crippen LogP contribution in [0.15, 0.2) is 48.5 Å². The van der Waals surface area contributed by atoms with Gasteiger partial charge in [0.05, 0.1) is 42.6 Å². The smallest absolute Gasteiger partial charge is 0.432 e. The summed E-state index contributed by atoms with van der Waals surface area (Å²) in [6, 6.07) is 13.2. The maximum absolute atomic E-state index is 13.7. The Morgan fingerprint density at radius 2 is 1.50 bits per heavy atom. The monoisotopic (exact) mass is 710 g/mol. The summed E-state index contributed by atoms with van der Waals surface area (Å²) in [5, 5.41) is 0. The van der Waals surface area contributed by atoms with Crippen LogP contribution in [0.5, 0.6) is 0 Å². The predicted octanol–water partition coefficient (Wildman–Crippen LogP) is 5.96. The lowest BCUT2D eigenvalue weighted by Crippen LogP contribution is -2.65. The molecule has 1 amide bonds. The maximum atomic E-state index is 13.7. The number of hydrogen-bond donors (Lipinski definition) is 0. The molecule has 0 bridgehead atoms. The van der Waals surface area contributed by atoms with Crippen molar-refractivity contribution in [1.29, 1.82) is 0 Å². The van der Waals surface area contributed by atoms with Crippen LogP contribution < -0.4 is 0 Å². The molecule has 15 heteroatoms. The number of aryl methyl sites for hydroxylation is 1. The highest BCUT2D eigenvalue weighted by Crippen LogP contribution is 2.48. The third kappa shape index (κ3) is 9.65. The van der Waals surface area contributed by atoms with Crippen LogP contribution in [0.2, 0.25) is 0 Å². The van der Waals surface area contributed by atoms with Gasteiger partial charge in [-0.25, -0.2) is 9.59 Å². The van der Waals surface area contributed by atoms with Crippen molar-refractivity contribution in [1.82, 2.24) is 9.80 Å². The highest BCUT2D eigenvalue weighted by molar-refractivity contribution is 5.80. The molecular weight excluding hydrogens is 665 g/mol. The molecule has 0 aliphatic carbocycles. The number of halogens is 3. The molecule has 0 saturated carbocycles. The fourth-order valence-corrected chi connectivity index (χ4v) is 6.50. The topological polar surface area (TPSA) is 122 Å². The number of ether oxygens (including phenoxy) is 7. The Labute approximate surface area is 289 Å². The van der Waals surface area contributed by atoms with Crippen LogP contribution in [0.25, 0.3) is 0 Å². The Bertz CT molecular complexity index is 1450. The fourth-order valence-electron chi connectivity index (χ4n) is 6.50. The molecule has 0 N–H and O–H groups in total. The molecule has 1 spiro atoms.